The normalized spacial score (nSPS) is 12.0. The highest BCUT2D eigenvalue weighted by molar-refractivity contribution is 7.80. The zero-order valence-electron chi connectivity index (χ0n) is 8.20. The molecule has 1 aromatic carbocycles. The van der Waals surface area contributed by atoms with E-state index >= 15 is 0 Å². The van der Waals surface area contributed by atoms with Crippen LogP contribution in [0.2, 0.25) is 0 Å². The minimum atomic E-state index is 0.563. The van der Waals surface area contributed by atoms with Gasteiger partial charge in [-0.15, -0.1) is 12.6 Å². The molecule has 1 heterocycles. The van der Waals surface area contributed by atoms with Crippen LogP contribution in [0.4, 0.5) is 0 Å². The van der Waals surface area contributed by atoms with E-state index in [1.807, 2.05) is 32.9 Å². The maximum atomic E-state index is 4.28. The van der Waals surface area contributed by atoms with Gasteiger partial charge in [0.05, 0.1) is 10.7 Å². The molecule has 13 heavy (non-hydrogen) atoms. The van der Waals surface area contributed by atoms with Gasteiger partial charge >= 0.3 is 0 Å². The Morgan fingerprint density at radius 1 is 1.15 bits per heavy atom. The molecule has 0 atom stereocenters. The summed E-state index contributed by atoms with van der Waals surface area (Å²) in [6.07, 6.45) is 0. The molecule has 0 N–H and O–H groups in total. The summed E-state index contributed by atoms with van der Waals surface area (Å²) in [6.45, 7) is 6.60. The van der Waals surface area contributed by atoms with Gasteiger partial charge in [0.25, 0.3) is 0 Å². The Morgan fingerprint density at radius 2 is 1.77 bits per heavy atom. The first-order chi connectivity index (χ1) is 6.29. The van der Waals surface area contributed by atoms with Crippen LogP contribution in [0.25, 0.3) is 0 Å². The van der Waals surface area contributed by atoms with Crippen molar-refractivity contribution in [3.63, 3.8) is 0 Å². The van der Waals surface area contributed by atoms with Crippen molar-refractivity contribution in [1.82, 2.24) is 0 Å². The maximum absolute atomic E-state index is 4.28. The molecule has 0 aromatic heterocycles. The van der Waals surface area contributed by atoms with Crippen molar-refractivity contribution < 1.29 is 0 Å². The van der Waals surface area contributed by atoms with E-state index in [2.05, 4.69) is 22.6 Å². The van der Waals surface area contributed by atoms with E-state index in [0.717, 1.165) is 15.6 Å². The summed E-state index contributed by atoms with van der Waals surface area (Å²) < 4.78 is 0. The molecule has 1 aliphatic heterocycles. The molecule has 2 nitrogen and oxygen atoms in total. The summed E-state index contributed by atoms with van der Waals surface area (Å²) in [5.41, 5.74) is 1.18. The third kappa shape index (κ3) is 1.91. The average molecular weight is 194 g/mol. The van der Waals surface area contributed by atoms with Gasteiger partial charge in [0.15, 0.2) is 0 Å². The van der Waals surface area contributed by atoms with Gasteiger partial charge in [0, 0.05) is 4.90 Å². The first-order valence-electron chi connectivity index (χ1n) is 4.46. The van der Waals surface area contributed by atoms with E-state index in [0.29, 0.717) is 6.67 Å². The fraction of sp³-hybridized carbons (Fsp3) is 0.400. The molecule has 0 unspecified atom stereocenters. The van der Waals surface area contributed by atoms with E-state index in [-0.39, 0.29) is 0 Å². The Bertz CT molecular complexity index is 371. The van der Waals surface area contributed by atoms with Gasteiger partial charge in [-0.2, -0.15) is 0 Å². The lowest BCUT2D eigenvalue weighted by Crippen LogP contribution is -2.25. The minimum Gasteiger partial charge on any atom is -0.259 e. The summed E-state index contributed by atoms with van der Waals surface area (Å²) in [5.74, 6) is 0. The van der Waals surface area contributed by atoms with Gasteiger partial charge in [0.2, 0.25) is 0 Å². The van der Waals surface area contributed by atoms with Crippen LogP contribution in [0.5, 0.6) is 0 Å². The van der Waals surface area contributed by atoms with Crippen LogP contribution in [-0.4, -0.2) is 6.67 Å². The molecule has 1 aliphatic rings. The molecule has 2 rings (SSSR count). The summed E-state index contributed by atoms with van der Waals surface area (Å²) in [6, 6.07) is 3.98. The van der Waals surface area contributed by atoms with Crippen molar-refractivity contribution in [2.24, 2.45) is 9.98 Å². The molecule has 0 saturated heterocycles. The van der Waals surface area contributed by atoms with Crippen molar-refractivity contribution in [3.8, 4) is 0 Å². The summed E-state index contributed by atoms with van der Waals surface area (Å²) >= 11 is 4.28. The summed E-state index contributed by atoms with van der Waals surface area (Å²) in [5, 5.41) is 1.96. The second-order valence-corrected chi connectivity index (χ2v) is 3.04. The van der Waals surface area contributed by atoms with Gasteiger partial charge in [-0.05, 0) is 18.6 Å². The van der Waals surface area contributed by atoms with Gasteiger partial charge in [0.1, 0.15) is 6.67 Å². The Hall–Kier alpha value is -0.830. The van der Waals surface area contributed by atoms with E-state index in [4.69, 9.17) is 0 Å². The number of benzene rings is 1. The minimum absolute atomic E-state index is 0.563. The largest absolute Gasteiger partial charge is 0.259 e. The van der Waals surface area contributed by atoms with Crippen LogP contribution in [0, 0.1) is 6.92 Å². The number of rotatable bonds is 0. The van der Waals surface area contributed by atoms with Crippen LogP contribution in [-0.2, 0) is 0 Å². The van der Waals surface area contributed by atoms with Gasteiger partial charge < -0.3 is 0 Å². The monoisotopic (exact) mass is 194 g/mol. The molecule has 0 saturated carbocycles. The second-order valence-electron chi connectivity index (χ2n) is 2.56. The molecule has 0 aliphatic carbocycles. The van der Waals surface area contributed by atoms with Crippen LogP contribution in [0.3, 0.4) is 0 Å². The molecule has 0 radical (unpaired) electrons. The number of hydrogen-bond donors (Lipinski definition) is 1. The molecular weight excluding hydrogens is 180 g/mol. The van der Waals surface area contributed by atoms with Gasteiger partial charge in [-0.25, -0.2) is 0 Å². The quantitative estimate of drug-likeness (QED) is 0.606. The van der Waals surface area contributed by atoms with Crippen LogP contribution < -0.4 is 10.7 Å². The molecule has 0 fully saturated rings. The second kappa shape index (κ2) is 4.42. The highest BCUT2D eigenvalue weighted by atomic mass is 32.1. The number of fused-ring (bicyclic) bond motifs is 1. The zero-order chi connectivity index (χ0) is 9.84. The Labute approximate surface area is 83.8 Å². The van der Waals surface area contributed by atoms with E-state index in [9.17, 15) is 0 Å². The standard InChI is InChI=1S/C8H8N2S.C2H6/c1-5-2-3-6(11)8-7(5)9-4-10-8;1-2/h2-3,11H,4H2,1H3;1-2H3. The Balaban J connectivity index is 0.000000396. The molecule has 0 amide bonds. The van der Waals surface area contributed by atoms with Gasteiger partial charge in [-0.3, -0.25) is 9.98 Å². The fourth-order valence-corrected chi connectivity index (χ4v) is 1.45. The SMILES string of the molecule is CC.Cc1ccc(S)c2c1=NCN=2. The fourth-order valence-electron chi connectivity index (χ4n) is 1.20. The lowest BCUT2D eigenvalue weighted by atomic mass is 10.2. The average Bonchev–Trinajstić information content (AvgIpc) is 2.64. The van der Waals surface area contributed by atoms with E-state index in [1.165, 1.54) is 5.56 Å². The Morgan fingerprint density at radius 3 is 2.38 bits per heavy atom. The number of aryl methyl sites for hydroxylation is 1. The zero-order valence-corrected chi connectivity index (χ0v) is 9.10. The number of hydrogen-bond acceptors (Lipinski definition) is 3. The first kappa shape index (κ1) is 10.3. The van der Waals surface area contributed by atoms with Crippen LogP contribution in [0.15, 0.2) is 27.0 Å². The molecule has 3 heteroatoms. The predicted molar refractivity (Wildman–Crippen MR) is 57.0 cm³/mol. The van der Waals surface area contributed by atoms with E-state index < -0.39 is 0 Å². The number of nitrogens with zero attached hydrogens (tertiary/aromatic N) is 2. The van der Waals surface area contributed by atoms with Crippen molar-refractivity contribution >= 4 is 12.6 Å². The molecule has 0 bridgehead atoms. The van der Waals surface area contributed by atoms with Crippen molar-refractivity contribution in [2.75, 3.05) is 6.67 Å². The molecule has 70 valence electrons. The topological polar surface area (TPSA) is 24.7 Å². The lowest BCUT2D eigenvalue weighted by Gasteiger charge is -1.92. The Kier molecular flexibility index (Phi) is 3.48. The smallest absolute Gasteiger partial charge is 0.130 e. The summed E-state index contributed by atoms with van der Waals surface area (Å²) in [4.78, 5) is 9.38. The third-order valence-electron chi connectivity index (χ3n) is 1.79. The first-order valence-corrected chi connectivity index (χ1v) is 4.91. The van der Waals surface area contributed by atoms with Gasteiger partial charge in [-0.1, -0.05) is 19.9 Å². The summed E-state index contributed by atoms with van der Waals surface area (Å²) in [7, 11) is 0. The van der Waals surface area contributed by atoms with E-state index in [1.54, 1.807) is 0 Å². The van der Waals surface area contributed by atoms with Crippen LogP contribution >= 0.6 is 12.6 Å². The highest BCUT2D eigenvalue weighted by Gasteiger charge is 2.01. The highest BCUT2D eigenvalue weighted by Crippen LogP contribution is 1.98. The molecule has 0 spiro atoms. The lowest BCUT2D eigenvalue weighted by molar-refractivity contribution is 1.05. The van der Waals surface area contributed by atoms with Crippen LogP contribution in [0.1, 0.15) is 19.4 Å². The maximum Gasteiger partial charge on any atom is 0.130 e. The predicted octanol–water partition coefficient (Wildman–Crippen LogP) is 1.52. The van der Waals surface area contributed by atoms with Crippen molar-refractivity contribution in [2.45, 2.75) is 25.7 Å². The molecular formula is C10H14N2S. The third-order valence-corrected chi connectivity index (χ3v) is 2.15. The molecule has 1 aromatic rings. The van der Waals surface area contributed by atoms with Crippen molar-refractivity contribution in [3.05, 3.63) is 28.4 Å². The van der Waals surface area contributed by atoms with Crippen molar-refractivity contribution in [1.29, 1.82) is 0 Å². The number of thiol groups is 1.